The number of phenols is 2. The number of ketones is 2. The van der Waals surface area contributed by atoms with Crippen molar-refractivity contribution in [2.24, 2.45) is 0 Å². The number of aromatic hydroxyl groups is 2. The predicted octanol–water partition coefficient (Wildman–Crippen LogP) is 5.04. The number of esters is 1. The number of allylic oxidation sites excluding steroid dienone is 2. The molecule has 7 heteroatoms. The van der Waals surface area contributed by atoms with Crippen LogP contribution in [0.5, 0.6) is 11.5 Å². The van der Waals surface area contributed by atoms with E-state index in [-0.39, 0.29) is 28.9 Å². The number of benzene rings is 2. The Bertz CT molecular complexity index is 1370. The molecule has 0 unspecified atom stereocenters. The summed E-state index contributed by atoms with van der Waals surface area (Å²) in [6.45, 7) is 5.62. The molecular weight excluding hydrogens is 424 g/mol. The molecule has 0 amide bonds. The zero-order chi connectivity index (χ0) is 23.9. The molecule has 0 aliphatic heterocycles. The van der Waals surface area contributed by atoms with Crippen LogP contribution in [0.25, 0.3) is 11.0 Å². The Labute approximate surface area is 189 Å². The van der Waals surface area contributed by atoms with Crippen LogP contribution < -0.4 is 0 Å². The van der Waals surface area contributed by atoms with E-state index in [1.165, 1.54) is 0 Å². The van der Waals surface area contributed by atoms with Crippen molar-refractivity contribution in [2.45, 2.75) is 33.3 Å². The van der Waals surface area contributed by atoms with Gasteiger partial charge in [-0.05, 0) is 57.2 Å². The lowest BCUT2D eigenvalue weighted by Gasteiger charge is -2.23. The van der Waals surface area contributed by atoms with Gasteiger partial charge in [0, 0.05) is 17.4 Å². The highest BCUT2D eigenvalue weighted by Gasteiger charge is 2.36. The van der Waals surface area contributed by atoms with Gasteiger partial charge < -0.3 is 19.4 Å². The smallest absolute Gasteiger partial charge is 0.374 e. The van der Waals surface area contributed by atoms with Gasteiger partial charge in [-0.3, -0.25) is 9.59 Å². The fourth-order valence-electron chi connectivity index (χ4n) is 3.75. The number of furan rings is 1. The van der Waals surface area contributed by atoms with Crippen molar-refractivity contribution in [2.75, 3.05) is 0 Å². The molecule has 0 saturated carbocycles. The van der Waals surface area contributed by atoms with Crippen molar-refractivity contribution in [3.05, 3.63) is 82.1 Å². The van der Waals surface area contributed by atoms with Crippen molar-refractivity contribution in [3.63, 3.8) is 0 Å². The van der Waals surface area contributed by atoms with Crippen molar-refractivity contribution in [1.29, 1.82) is 0 Å². The fraction of sp³-hybridized carbons (Fsp3) is 0.192. The largest absolute Gasteiger partial charge is 0.507 e. The van der Waals surface area contributed by atoms with Gasteiger partial charge in [0.05, 0.1) is 11.1 Å². The highest BCUT2D eigenvalue weighted by molar-refractivity contribution is 6.27. The predicted molar refractivity (Wildman–Crippen MR) is 121 cm³/mol. The summed E-state index contributed by atoms with van der Waals surface area (Å²) in [5, 5.41) is 21.0. The number of hydrogen-bond donors (Lipinski definition) is 2. The molecule has 0 bridgehead atoms. The monoisotopic (exact) mass is 446 g/mol. The second-order valence-corrected chi connectivity index (χ2v) is 8.21. The number of hydrogen-bond acceptors (Lipinski definition) is 7. The molecule has 0 fully saturated rings. The molecule has 33 heavy (non-hydrogen) atoms. The highest BCUT2D eigenvalue weighted by atomic mass is 16.6. The van der Waals surface area contributed by atoms with Crippen LogP contribution in [-0.2, 0) is 4.74 Å². The topological polar surface area (TPSA) is 114 Å². The minimum atomic E-state index is -1.10. The molecule has 3 aromatic rings. The summed E-state index contributed by atoms with van der Waals surface area (Å²) in [7, 11) is 0. The number of rotatable bonds is 5. The summed E-state index contributed by atoms with van der Waals surface area (Å²) in [6, 6.07) is 9.31. The third-order valence-corrected chi connectivity index (χ3v) is 5.39. The Morgan fingerprint density at radius 1 is 1.06 bits per heavy atom. The van der Waals surface area contributed by atoms with Crippen molar-refractivity contribution in [1.82, 2.24) is 0 Å². The van der Waals surface area contributed by atoms with Gasteiger partial charge in [-0.1, -0.05) is 23.3 Å². The van der Waals surface area contributed by atoms with Gasteiger partial charge in [0.2, 0.25) is 5.76 Å². The number of carbonyl (C=O) groups is 3. The maximum Gasteiger partial charge on any atom is 0.374 e. The van der Waals surface area contributed by atoms with Crippen LogP contribution in [0, 0.1) is 6.92 Å². The number of ether oxygens (including phenoxy) is 1. The second kappa shape index (κ2) is 8.43. The Morgan fingerprint density at radius 2 is 1.76 bits per heavy atom. The van der Waals surface area contributed by atoms with Crippen molar-refractivity contribution >= 4 is 28.5 Å². The van der Waals surface area contributed by atoms with Crippen LogP contribution in [0.15, 0.2) is 64.1 Å². The van der Waals surface area contributed by atoms with Gasteiger partial charge in [-0.2, -0.15) is 0 Å². The lowest BCUT2D eigenvalue weighted by Crippen LogP contribution is -2.29. The zero-order valence-electron chi connectivity index (χ0n) is 18.3. The third-order valence-electron chi connectivity index (χ3n) is 5.39. The van der Waals surface area contributed by atoms with E-state index >= 15 is 0 Å². The molecule has 0 radical (unpaired) electrons. The first-order valence-corrected chi connectivity index (χ1v) is 10.4. The van der Waals surface area contributed by atoms with Crippen LogP contribution in [0.2, 0.25) is 0 Å². The summed E-state index contributed by atoms with van der Waals surface area (Å²) >= 11 is 0. The molecular formula is C26H22O7. The van der Waals surface area contributed by atoms with E-state index in [2.05, 4.69) is 0 Å². The van der Waals surface area contributed by atoms with Crippen LogP contribution in [0.3, 0.4) is 0 Å². The first-order valence-electron chi connectivity index (χ1n) is 10.4. The van der Waals surface area contributed by atoms with E-state index in [9.17, 15) is 24.6 Å². The Kier molecular flexibility index (Phi) is 5.64. The minimum absolute atomic E-state index is 0.0334. The maximum absolute atomic E-state index is 13.2. The number of Topliss-reactive ketones (excluding diaryl/α,β-unsaturated/α-hetero) is 1. The molecule has 1 heterocycles. The molecule has 1 aliphatic rings. The van der Waals surface area contributed by atoms with Crippen LogP contribution in [-0.4, -0.2) is 33.9 Å². The third kappa shape index (κ3) is 4.17. The average Bonchev–Trinajstić information content (AvgIpc) is 3.18. The van der Waals surface area contributed by atoms with Gasteiger partial charge >= 0.3 is 5.97 Å². The molecule has 1 atom stereocenters. The molecule has 4 rings (SSSR count). The number of phenolic OH excluding ortho intramolecular Hbond substituents is 2. The Morgan fingerprint density at radius 3 is 2.45 bits per heavy atom. The quantitative estimate of drug-likeness (QED) is 0.321. The Hall–Kier alpha value is -4.13. The number of carbonyl (C=O) groups excluding carboxylic acids is 3. The van der Waals surface area contributed by atoms with Gasteiger partial charge in [0.25, 0.3) is 0 Å². The summed E-state index contributed by atoms with van der Waals surface area (Å²) < 4.78 is 11.2. The average molecular weight is 446 g/mol. The van der Waals surface area contributed by atoms with Gasteiger partial charge in [0.15, 0.2) is 11.6 Å². The van der Waals surface area contributed by atoms with Crippen LogP contribution in [0.1, 0.15) is 57.1 Å². The number of aryl methyl sites for hydroxylation is 1. The standard InChI is InChI=1S/C26H22O7/c1-13(2)4-8-21(33-26(31)22-11-15-10-14(3)5-9-20(15)32-22)16-12-19(29)23-17(27)6-7-18(28)24(23)25(16)30/h4-7,9-12,21,27-28H,8H2,1-3H3/t21-/m1/s1. The van der Waals surface area contributed by atoms with Crippen molar-refractivity contribution in [3.8, 4) is 11.5 Å². The van der Waals surface area contributed by atoms with Crippen LogP contribution >= 0.6 is 0 Å². The van der Waals surface area contributed by atoms with E-state index in [0.29, 0.717) is 5.58 Å². The summed E-state index contributed by atoms with van der Waals surface area (Å²) in [6.07, 6.45) is 1.85. The second-order valence-electron chi connectivity index (χ2n) is 8.21. The fourth-order valence-corrected chi connectivity index (χ4v) is 3.75. The molecule has 2 aromatic carbocycles. The molecule has 2 N–H and O–H groups in total. The van der Waals surface area contributed by atoms with E-state index in [1.807, 2.05) is 32.9 Å². The van der Waals surface area contributed by atoms with Gasteiger partial charge in [-0.25, -0.2) is 4.79 Å². The molecule has 7 nitrogen and oxygen atoms in total. The molecule has 168 valence electrons. The minimum Gasteiger partial charge on any atom is -0.507 e. The summed E-state index contributed by atoms with van der Waals surface area (Å²) in [5.41, 5.74) is 1.77. The summed E-state index contributed by atoms with van der Waals surface area (Å²) in [4.78, 5) is 38.8. The molecule has 1 aliphatic carbocycles. The van der Waals surface area contributed by atoms with Gasteiger partial charge in [0.1, 0.15) is 23.2 Å². The first kappa shape index (κ1) is 22.1. The maximum atomic E-state index is 13.2. The highest BCUT2D eigenvalue weighted by Crippen LogP contribution is 2.36. The van der Waals surface area contributed by atoms with Crippen molar-refractivity contribution < 1.29 is 33.8 Å². The van der Waals surface area contributed by atoms with E-state index in [4.69, 9.17) is 9.15 Å². The normalized spacial score (nSPS) is 14.0. The number of fused-ring (bicyclic) bond motifs is 2. The SMILES string of the molecule is CC(C)=CC[C@@H](OC(=O)c1cc2cc(C)ccc2o1)C1=CC(=O)c2c(O)ccc(O)c2C1=O. The lowest BCUT2D eigenvalue weighted by atomic mass is 9.85. The van der Waals surface area contributed by atoms with E-state index in [1.54, 1.807) is 18.2 Å². The molecule has 0 spiro atoms. The first-order chi connectivity index (χ1) is 15.7. The molecule has 1 aromatic heterocycles. The van der Waals surface area contributed by atoms with E-state index in [0.717, 1.165) is 34.7 Å². The zero-order valence-corrected chi connectivity index (χ0v) is 18.3. The van der Waals surface area contributed by atoms with Gasteiger partial charge in [-0.15, -0.1) is 0 Å². The molecule has 0 saturated heterocycles. The Balaban J connectivity index is 1.71. The summed E-state index contributed by atoms with van der Waals surface area (Å²) in [5.74, 6) is -3.03. The van der Waals surface area contributed by atoms with Crippen LogP contribution in [0.4, 0.5) is 0 Å². The van der Waals surface area contributed by atoms with E-state index < -0.39 is 35.1 Å². The lowest BCUT2D eigenvalue weighted by molar-refractivity contribution is 0.0339.